The fraction of sp³-hybridized carbons (Fsp3) is 0.195. The van der Waals surface area contributed by atoms with Crippen LogP contribution in [0.1, 0.15) is 48.9 Å². The number of nitrogen functional groups attached to an aromatic ring is 1. The van der Waals surface area contributed by atoms with Crippen LogP contribution in [0.15, 0.2) is 136 Å². The molecule has 0 aromatic heterocycles. The van der Waals surface area contributed by atoms with Crippen molar-refractivity contribution in [1.29, 1.82) is 0 Å². The predicted octanol–water partition coefficient (Wildman–Crippen LogP) is 9.76. The number of benzene rings is 5. The van der Waals surface area contributed by atoms with Crippen molar-refractivity contribution in [1.82, 2.24) is 5.48 Å². The standard InChI is InChI=1S/C41H43FN10O4/c1-51(35-22-18-33(19-23-35)48-46-31-12-9-28(10-13-31)41(55)45-38-26-11-29(42)27-37(38)43)52(2)36-24-20-34(21-25-36)49-47-32-16-14-30(15-17-32)44-39(53)7-5-3-4-6-8-40(54)50-56/h9-27,56H,3-8,43H2,1-2H3,(H,44,53)(H,45,55)(H,50,54). The van der Waals surface area contributed by atoms with Crippen LogP contribution in [0, 0.1) is 5.82 Å². The highest BCUT2D eigenvalue weighted by atomic mass is 19.1. The zero-order valence-corrected chi connectivity index (χ0v) is 31.0. The third kappa shape index (κ3) is 12.0. The molecule has 56 heavy (non-hydrogen) atoms. The number of hydrogen-bond donors (Lipinski definition) is 5. The Morgan fingerprint density at radius 3 is 1.52 bits per heavy atom. The Kier molecular flexibility index (Phi) is 14.3. The average Bonchev–Trinajstić information content (AvgIpc) is 3.22. The van der Waals surface area contributed by atoms with Gasteiger partial charge in [-0.15, -0.1) is 0 Å². The summed E-state index contributed by atoms with van der Waals surface area (Å²) < 4.78 is 13.3. The molecule has 0 aliphatic rings. The van der Waals surface area contributed by atoms with Crippen LogP contribution in [-0.2, 0) is 9.59 Å². The molecule has 15 heteroatoms. The lowest BCUT2D eigenvalue weighted by atomic mass is 10.1. The fourth-order valence-electron chi connectivity index (χ4n) is 5.38. The smallest absolute Gasteiger partial charge is 0.255 e. The number of halogens is 1. The molecular formula is C41H43FN10O4. The summed E-state index contributed by atoms with van der Waals surface area (Å²) in [6.45, 7) is 0. The number of nitrogens with zero attached hydrogens (tertiary/aromatic N) is 6. The molecule has 6 N–H and O–H groups in total. The van der Waals surface area contributed by atoms with Crippen molar-refractivity contribution >= 4 is 68.9 Å². The number of carbonyl (C=O) groups is 3. The Balaban J connectivity index is 1.06. The van der Waals surface area contributed by atoms with Gasteiger partial charge in [0, 0.05) is 38.2 Å². The second-order valence-electron chi connectivity index (χ2n) is 12.8. The summed E-state index contributed by atoms with van der Waals surface area (Å²) in [5.74, 6) is -1.34. The maximum Gasteiger partial charge on any atom is 0.255 e. The van der Waals surface area contributed by atoms with Crippen LogP contribution < -0.4 is 31.9 Å². The Labute approximate surface area is 323 Å². The third-order valence-electron chi connectivity index (χ3n) is 8.68. The summed E-state index contributed by atoms with van der Waals surface area (Å²) in [6.07, 6.45) is 3.68. The van der Waals surface area contributed by atoms with Gasteiger partial charge in [-0.05, 0) is 128 Å². The molecule has 5 aromatic carbocycles. The molecule has 0 heterocycles. The van der Waals surface area contributed by atoms with E-state index in [1.807, 2.05) is 72.6 Å². The molecule has 0 saturated carbocycles. The second kappa shape index (κ2) is 19.9. The Bertz CT molecular complexity index is 2140. The molecule has 0 aliphatic carbocycles. The van der Waals surface area contributed by atoms with E-state index in [9.17, 15) is 18.8 Å². The Hall–Kier alpha value is -7.00. The van der Waals surface area contributed by atoms with Crippen molar-refractivity contribution < 1.29 is 24.0 Å². The number of amides is 3. The van der Waals surface area contributed by atoms with Gasteiger partial charge < -0.3 is 16.4 Å². The van der Waals surface area contributed by atoms with Crippen LogP contribution >= 0.6 is 0 Å². The number of carbonyl (C=O) groups excluding carboxylic acids is 3. The van der Waals surface area contributed by atoms with Crippen LogP contribution in [0.2, 0.25) is 0 Å². The predicted molar refractivity (Wildman–Crippen MR) is 216 cm³/mol. The lowest BCUT2D eigenvalue weighted by molar-refractivity contribution is -0.129. The molecule has 0 aliphatic heterocycles. The van der Waals surface area contributed by atoms with Gasteiger partial charge in [0.05, 0.1) is 45.5 Å². The normalized spacial score (nSPS) is 11.1. The molecule has 5 aromatic rings. The van der Waals surface area contributed by atoms with Crippen LogP contribution in [0.3, 0.4) is 0 Å². The van der Waals surface area contributed by atoms with Crippen LogP contribution in [0.4, 0.5) is 55.6 Å². The van der Waals surface area contributed by atoms with E-state index in [1.165, 1.54) is 12.1 Å². The van der Waals surface area contributed by atoms with Crippen molar-refractivity contribution in [3.8, 4) is 0 Å². The van der Waals surface area contributed by atoms with Crippen molar-refractivity contribution in [2.45, 2.75) is 38.5 Å². The molecule has 0 saturated heterocycles. The molecule has 0 fully saturated rings. The minimum atomic E-state index is -0.480. The quantitative estimate of drug-likeness (QED) is 0.0205. The summed E-state index contributed by atoms with van der Waals surface area (Å²) in [6, 6.07) is 32.8. The van der Waals surface area contributed by atoms with Crippen LogP contribution in [0.5, 0.6) is 0 Å². The largest absolute Gasteiger partial charge is 0.397 e. The summed E-state index contributed by atoms with van der Waals surface area (Å²) in [5, 5.41) is 35.3. The molecule has 0 radical (unpaired) electrons. The highest BCUT2D eigenvalue weighted by Gasteiger charge is 2.11. The van der Waals surface area contributed by atoms with Gasteiger partial charge >= 0.3 is 0 Å². The number of hydroxylamine groups is 1. The van der Waals surface area contributed by atoms with Gasteiger partial charge in [0.1, 0.15) is 5.82 Å². The number of unbranched alkanes of at least 4 members (excludes halogenated alkanes) is 3. The number of rotatable bonds is 17. The monoisotopic (exact) mass is 758 g/mol. The van der Waals surface area contributed by atoms with E-state index in [0.717, 1.165) is 36.7 Å². The fourth-order valence-corrected chi connectivity index (χ4v) is 5.38. The van der Waals surface area contributed by atoms with Crippen molar-refractivity contribution in [2.75, 3.05) is 40.5 Å². The lowest BCUT2D eigenvalue weighted by Crippen LogP contribution is -2.36. The third-order valence-corrected chi connectivity index (χ3v) is 8.68. The summed E-state index contributed by atoms with van der Waals surface area (Å²) in [7, 11) is 3.90. The number of hydrogen-bond acceptors (Lipinski definition) is 11. The molecule has 288 valence electrons. The van der Waals surface area contributed by atoms with Gasteiger partial charge in [-0.2, -0.15) is 20.5 Å². The topological polar surface area (TPSA) is 189 Å². The van der Waals surface area contributed by atoms with Gasteiger partial charge in [0.25, 0.3) is 5.91 Å². The van der Waals surface area contributed by atoms with E-state index >= 15 is 0 Å². The molecule has 0 bridgehead atoms. The summed E-state index contributed by atoms with van der Waals surface area (Å²) >= 11 is 0. The van der Waals surface area contributed by atoms with Gasteiger partial charge in [-0.25, -0.2) is 9.87 Å². The van der Waals surface area contributed by atoms with E-state index in [1.54, 1.807) is 54.0 Å². The van der Waals surface area contributed by atoms with Gasteiger partial charge in [0.2, 0.25) is 11.8 Å². The van der Waals surface area contributed by atoms with E-state index < -0.39 is 11.7 Å². The molecule has 0 atom stereocenters. The SMILES string of the molecule is CN(c1ccc(N=Nc2ccc(NC(=O)CCCCCCC(=O)NO)cc2)cc1)N(C)c1ccc(N=Nc2ccc(C(=O)Nc3ccc(F)cc3N)cc2)cc1. The van der Waals surface area contributed by atoms with Gasteiger partial charge in [0.15, 0.2) is 0 Å². The summed E-state index contributed by atoms with van der Waals surface area (Å²) in [4.78, 5) is 35.9. The molecule has 5 rings (SSSR count). The number of nitrogens with one attached hydrogen (secondary N) is 3. The molecule has 3 amide bonds. The van der Waals surface area contributed by atoms with E-state index in [-0.39, 0.29) is 23.9 Å². The summed E-state index contributed by atoms with van der Waals surface area (Å²) in [5.41, 5.74) is 13.3. The van der Waals surface area contributed by atoms with Crippen molar-refractivity contribution in [3.63, 3.8) is 0 Å². The van der Waals surface area contributed by atoms with Crippen molar-refractivity contribution in [2.24, 2.45) is 20.5 Å². The number of nitrogens with two attached hydrogens (primary N) is 1. The Morgan fingerprint density at radius 2 is 1.05 bits per heavy atom. The van der Waals surface area contributed by atoms with Crippen molar-refractivity contribution in [3.05, 3.63) is 127 Å². The second-order valence-corrected chi connectivity index (χ2v) is 12.8. The number of azo groups is 2. The first-order valence-electron chi connectivity index (χ1n) is 17.9. The zero-order chi connectivity index (χ0) is 39.9. The molecule has 14 nitrogen and oxygen atoms in total. The first kappa shape index (κ1) is 40.2. The van der Waals surface area contributed by atoms with Gasteiger partial charge in [-0.1, -0.05) is 12.8 Å². The molecule has 0 spiro atoms. The van der Waals surface area contributed by atoms with E-state index in [0.29, 0.717) is 52.5 Å². The number of hydrazine groups is 1. The highest BCUT2D eigenvalue weighted by Crippen LogP contribution is 2.27. The number of anilines is 5. The van der Waals surface area contributed by atoms with Crippen LogP contribution in [0.25, 0.3) is 0 Å². The van der Waals surface area contributed by atoms with E-state index in [4.69, 9.17) is 10.9 Å². The minimum Gasteiger partial charge on any atom is -0.397 e. The average molecular weight is 759 g/mol. The first-order chi connectivity index (χ1) is 27.1. The molecule has 0 unspecified atom stereocenters. The maximum absolute atomic E-state index is 13.3. The Morgan fingerprint density at radius 1 is 0.607 bits per heavy atom. The maximum atomic E-state index is 13.3. The highest BCUT2D eigenvalue weighted by molar-refractivity contribution is 6.05. The lowest BCUT2D eigenvalue weighted by Gasteiger charge is -2.32. The minimum absolute atomic E-state index is 0.0789. The van der Waals surface area contributed by atoms with E-state index in [2.05, 4.69) is 31.1 Å². The zero-order valence-electron chi connectivity index (χ0n) is 31.0. The first-order valence-corrected chi connectivity index (χ1v) is 17.9. The van der Waals surface area contributed by atoms with Crippen LogP contribution in [-0.4, -0.2) is 37.0 Å². The molecular weight excluding hydrogens is 716 g/mol. The van der Waals surface area contributed by atoms with Gasteiger partial charge in [-0.3, -0.25) is 29.6 Å².